The Bertz CT molecular complexity index is 343. The lowest BCUT2D eigenvalue weighted by Crippen LogP contribution is -2.30. The molecular weight excluding hydrogens is 198 g/mol. The van der Waals surface area contributed by atoms with Crippen molar-refractivity contribution in [2.75, 3.05) is 13.2 Å². The van der Waals surface area contributed by atoms with Crippen LogP contribution in [-0.4, -0.2) is 28.4 Å². The average molecular weight is 211 g/mol. The second kappa shape index (κ2) is 4.37. The van der Waals surface area contributed by atoms with Crippen LogP contribution in [0.2, 0.25) is 0 Å². The third-order valence-corrected chi connectivity index (χ3v) is 2.47. The lowest BCUT2D eigenvalue weighted by Gasteiger charge is -2.24. The lowest BCUT2D eigenvalue weighted by atomic mass is 9.84. The van der Waals surface area contributed by atoms with Crippen LogP contribution < -0.4 is 0 Å². The maximum absolute atomic E-state index is 10.4. The van der Waals surface area contributed by atoms with Crippen LogP contribution in [0.3, 0.4) is 0 Å². The highest BCUT2D eigenvalue weighted by Crippen LogP contribution is 2.24. The first-order valence-electron chi connectivity index (χ1n) is 4.50. The fraction of sp³-hybridized carbons (Fsp3) is 0.400. The molecule has 82 valence electrons. The summed E-state index contributed by atoms with van der Waals surface area (Å²) in [6.07, 6.45) is 0. The van der Waals surface area contributed by atoms with Crippen molar-refractivity contribution in [3.8, 4) is 0 Å². The van der Waals surface area contributed by atoms with E-state index in [-0.39, 0.29) is 18.9 Å². The molecule has 0 atom stereocenters. The van der Waals surface area contributed by atoms with Gasteiger partial charge in [0.05, 0.1) is 18.1 Å². The molecule has 0 saturated carbocycles. The molecule has 0 aliphatic heterocycles. The van der Waals surface area contributed by atoms with Crippen LogP contribution in [0.1, 0.15) is 12.5 Å². The van der Waals surface area contributed by atoms with Gasteiger partial charge in [0.25, 0.3) is 5.69 Å². The number of hydrogen-bond donors (Lipinski definition) is 2. The third kappa shape index (κ3) is 2.31. The Morgan fingerprint density at radius 2 is 1.73 bits per heavy atom. The van der Waals surface area contributed by atoms with Crippen LogP contribution in [0.4, 0.5) is 5.69 Å². The van der Waals surface area contributed by atoms with Gasteiger partial charge in [-0.3, -0.25) is 10.1 Å². The van der Waals surface area contributed by atoms with Gasteiger partial charge in [-0.1, -0.05) is 19.1 Å². The van der Waals surface area contributed by atoms with E-state index in [1.54, 1.807) is 19.1 Å². The zero-order valence-corrected chi connectivity index (χ0v) is 8.38. The summed E-state index contributed by atoms with van der Waals surface area (Å²) in [6, 6.07) is 5.81. The van der Waals surface area contributed by atoms with E-state index in [1.165, 1.54) is 12.1 Å². The van der Waals surface area contributed by atoms with Crippen molar-refractivity contribution in [1.29, 1.82) is 0 Å². The van der Waals surface area contributed by atoms with Gasteiger partial charge in [0, 0.05) is 17.5 Å². The molecule has 0 saturated heterocycles. The summed E-state index contributed by atoms with van der Waals surface area (Å²) in [4.78, 5) is 9.92. The minimum absolute atomic E-state index is 0.00280. The van der Waals surface area contributed by atoms with E-state index in [1.807, 2.05) is 0 Å². The Morgan fingerprint density at radius 1 is 1.27 bits per heavy atom. The van der Waals surface area contributed by atoms with E-state index < -0.39 is 10.3 Å². The van der Waals surface area contributed by atoms with E-state index >= 15 is 0 Å². The monoisotopic (exact) mass is 211 g/mol. The molecule has 1 aromatic rings. The van der Waals surface area contributed by atoms with Crippen molar-refractivity contribution in [2.24, 2.45) is 0 Å². The number of benzene rings is 1. The molecule has 0 fully saturated rings. The van der Waals surface area contributed by atoms with Gasteiger partial charge in [0.2, 0.25) is 0 Å². The Labute approximate surface area is 87.1 Å². The second-order valence-corrected chi connectivity index (χ2v) is 3.68. The first-order chi connectivity index (χ1) is 7.03. The van der Waals surface area contributed by atoms with E-state index in [0.717, 1.165) is 0 Å². The Morgan fingerprint density at radius 3 is 2.07 bits per heavy atom. The highest BCUT2D eigenvalue weighted by Gasteiger charge is 2.25. The number of nitrogens with zero attached hydrogens (tertiary/aromatic N) is 1. The normalized spacial score (nSPS) is 11.4. The first kappa shape index (κ1) is 11.6. The van der Waals surface area contributed by atoms with Crippen LogP contribution in [0, 0.1) is 10.1 Å². The Balaban J connectivity index is 3.02. The molecule has 0 heterocycles. The fourth-order valence-electron chi connectivity index (χ4n) is 1.22. The van der Waals surface area contributed by atoms with Crippen LogP contribution in [0.25, 0.3) is 0 Å². The maximum Gasteiger partial charge on any atom is 0.269 e. The Kier molecular flexibility index (Phi) is 3.39. The molecule has 0 radical (unpaired) electrons. The molecule has 0 spiro atoms. The van der Waals surface area contributed by atoms with Crippen molar-refractivity contribution in [3.05, 3.63) is 39.9 Å². The summed E-state index contributed by atoms with van der Waals surface area (Å²) in [5, 5.41) is 28.7. The van der Waals surface area contributed by atoms with Gasteiger partial charge in [0.1, 0.15) is 0 Å². The highest BCUT2D eigenvalue weighted by molar-refractivity contribution is 5.36. The first-order valence-corrected chi connectivity index (χ1v) is 4.50. The van der Waals surface area contributed by atoms with Crippen molar-refractivity contribution in [3.63, 3.8) is 0 Å². The zero-order valence-electron chi connectivity index (χ0n) is 8.38. The van der Waals surface area contributed by atoms with Gasteiger partial charge in [0.15, 0.2) is 0 Å². The van der Waals surface area contributed by atoms with Crippen molar-refractivity contribution < 1.29 is 15.1 Å². The molecule has 5 nitrogen and oxygen atoms in total. The molecule has 0 bridgehead atoms. The average Bonchev–Trinajstić information content (AvgIpc) is 2.28. The largest absolute Gasteiger partial charge is 0.395 e. The minimum Gasteiger partial charge on any atom is -0.395 e. The molecule has 0 unspecified atom stereocenters. The SMILES string of the molecule is CC(CO)(CO)c1ccc([N+](=O)[O-])cc1. The van der Waals surface area contributed by atoms with E-state index in [2.05, 4.69) is 0 Å². The predicted molar refractivity (Wildman–Crippen MR) is 54.6 cm³/mol. The second-order valence-electron chi connectivity index (χ2n) is 3.68. The lowest BCUT2D eigenvalue weighted by molar-refractivity contribution is -0.384. The van der Waals surface area contributed by atoms with Crippen LogP contribution >= 0.6 is 0 Å². The molecule has 5 heteroatoms. The fourth-order valence-corrected chi connectivity index (χ4v) is 1.22. The smallest absolute Gasteiger partial charge is 0.269 e. The summed E-state index contributed by atoms with van der Waals surface area (Å²) < 4.78 is 0. The number of hydrogen-bond acceptors (Lipinski definition) is 4. The molecule has 0 aliphatic carbocycles. The molecular formula is C10H13NO4. The molecule has 1 rings (SSSR count). The molecule has 0 aromatic heterocycles. The highest BCUT2D eigenvalue weighted by atomic mass is 16.6. The van der Waals surface area contributed by atoms with Crippen molar-refractivity contribution in [1.82, 2.24) is 0 Å². The van der Waals surface area contributed by atoms with E-state index in [9.17, 15) is 10.1 Å². The van der Waals surface area contributed by atoms with Gasteiger partial charge in [-0.2, -0.15) is 0 Å². The zero-order chi connectivity index (χ0) is 11.5. The molecule has 1 aromatic carbocycles. The topological polar surface area (TPSA) is 83.6 Å². The third-order valence-electron chi connectivity index (χ3n) is 2.47. The summed E-state index contributed by atoms with van der Waals surface area (Å²) in [5.41, 5.74) is -0.0788. The molecule has 15 heavy (non-hydrogen) atoms. The Hall–Kier alpha value is -1.46. The molecule has 2 N–H and O–H groups in total. The number of non-ortho nitro benzene ring substituents is 1. The predicted octanol–water partition coefficient (Wildman–Crippen LogP) is 0.837. The van der Waals surface area contributed by atoms with Crippen LogP contribution in [0.15, 0.2) is 24.3 Å². The van der Waals surface area contributed by atoms with Gasteiger partial charge >= 0.3 is 0 Å². The van der Waals surface area contributed by atoms with Crippen LogP contribution in [-0.2, 0) is 5.41 Å². The van der Waals surface area contributed by atoms with Gasteiger partial charge in [-0.25, -0.2) is 0 Å². The maximum atomic E-state index is 10.4. The number of nitro groups is 1. The number of rotatable bonds is 4. The number of aliphatic hydroxyl groups excluding tert-OH is 2. The standard InChI is InChI=1S/C10H13NO4/c1-10(6-12,7-13)8-2-4-9(5-3-8)11(14)15/h2-5,12-13H,6-7H2,1H3. The summed E-state index contributed by atoms with van der Waals surface area (Å²) in [5.74, 6) is 0. The molecule has 0 aliphatic rings. The van der Waals surface area contributed by atoms with Gasteiger partial charge in [-0.05, 0) is 5.56 Å². The van der Waals surface area contributed by atoms with Crippen LogP contribution in [0.5, 0.6) is 0 Å². The molecule has 0 amide bonds. The number of aliphatic hydroxyl groups is 2. The van der Waals surface area contributed by atoms with Crippen molar-refractivity contribution in [2.45, 2.75) is 12.3 Å². The number of nitro benzene ring substituents is 1. The van der Waals surface area contributed by atoms with E-state index in [0.29, 0.717) is 5.56 Å². The van der Waals surface area contributed by atoms with Gasteiger partial charge in [-0.15, -0.1) is 0 Å². The quantitative estimate of drug-likeness (QED) is 0.571. The van der Waals surface area contributed by atoms with Crippen molar-refractivity contribution >= 4 is 5.69 Å². The minimum atomic E-state index is -0.755. The van der Waals surface area contributed by atoms with Gasteiger partial charge < -0.3 is 10.2 Å². The van der Waals surface area contributed by atoms with E-state index in [4.69, 9.17) is 10.2 Å². The summed E-state index contributed by atoms with van der Waals surface area (Å²) in [6.45, 7) is 1.27. The summed E-state index contributed by atoms with van der Waals surface area (Å²) >= 11 is 0. The summed E-state index contributed by atoms with van der Waals surface area (Å²) in [7, 11) is 0.